The van der Waals surface area contributed by atoms with E-state index in [1.807, 2.05) is 42.3 Å². The third-order valence-electron chi connectivity index (χ3n) is 3.11. The molecule has 2 rings (SSSR count). The van der Waals surface area contributed by atoms with Gasteiger partial charge in [-0.15, -0.1) is 0 Å². The van der Waals surface area contributed by atoms with Crippen LogP contribution in [0.25, 0.3) is 0 Å². The van der Waals surface area contributed by atoms with E-state index in [-0.39, 0.29) is 5.54 Å². The quantitative estimate of drug-likeness (QED) is 0.841. The van der Waals surface area contributed by atoms with Crippen molar-refractivity contribution in [3.63, 3.8) is 0 Å². The zero-order chi connectivity index (χ0) is 14.3. The van der Waals surface area contributed by atoms with Crippen LogP contribution < -0.4 is 4.90 Å². The van der Waals surface area contributed by atoms with E-state index in [0.717, 1.165) is 15.3 Å². The van der Waals surface area contributed by atoms with E-state index in [2.05, 4.69) is 29.8 Å². The highest BCUT2D eigenvalue weighted by Gasteiger charge is 2.42. The summed E-state index contributed by atoms with van der Waals surface area (Å²) in [5, 5.41) is 11.7. The summed E-state index contributed by atoms with van der Waals surface area (Å²) in [6.45, 7) is 5.95. The number of hydrogen-bond acceptors (Lipinski definition) is 4. The first kappa shape index (κ1) is 14.9. The number of thioether (sulfide) groups is 1. The summed E-state index contributed by atoms with van der Waals surface area (Å²) in [6.07, 6.45) is 2.59. The Morgan fingerprint density at radius 1 is 1.26 bits per heavy atom. The molecule has 19 heavy (non-hydrogen) atoms. The molecule has 5 heteroatoms. The predicted molar refractivity (Wildman–Crippen MR) is 86.9 cm³/mol. The number of hydrogen-bond donors (Lipinski definition) is 1. The second kappa shape index (κ2) is 5.11. The Kier molecular flexibility index (Phi) is 4.00. The van der Waals surface area contributed by atoms with Gasteiger partial charge in [0.15, 0.2) is 5.17 Å². The molecule has 0 saturated heterocycles. The van der Waals surface area contributed by atoms with E-state index in [9.17, 15) is 5.11 Å². The highest BCUT2D eigenvalue weighted by molar-refractivity contribution is 9.10. The second-order valence-electron chi connectivity index (χ2n) is 5.62. The highest BCUT2D eigenvalue weighted by Crippen LogP contribution is 2.38. The average molecular weight is 343 g/mol. The maximum Gasteiger partial charge on any atom is 0.166 e. The molecule has 0 amide bonds. The van der Waals surface area contributed by atoms with Crippen LogP contribution in [0.1, 0.15) is 27.2 Å². The van der Waals surface area contributed by atoms with Crippen molar-refractivity contribution in [2.75, 3.05) is 11.2 Å². The van der Waals surface area contributed by atoms with Crippen LogP contribution in [-0.2, 0) is 0 Å². The van der Waals surface area contributed by atoms with Crippen LogP contribution in [0.3, 0.4) is 0 Å². The van der Waals surface area contributed by atoms with Gasteiger partial charge in [-0.3, -0.25) is 9.89 Å². The molecule has 0 radical (unpaired) electrons. The molecular formula is C14H19BrN2OS. The van der Waals surface area contributed by atoms with Crippen LogP contribution in [0.5, 0.6) is 0 Å². The standard InChI is InChI=1S/C14H19BrN2OS/c1-13(2)9-14(3,18)17(12(16-13)19-4)11-7-5-10(15)6-8-11/h5-8,18H,9H2,1-4H3. The van der Waals surface area contributed by atoms with Crippen molar-refractivity contribution >= 4 is 38.5 Å². The average Bonchev–Trinajstić information content (AvgIpc) is 2.27. The summed E-state index contributed by atoms with van der Waals surface area (Å²) in [6, 6.07) is 7.93. The molecule has 1 aliphatic rings. The van der Waals surface area contributed by atoms with Crippen LogP contribution >= 0.6 is 27.7 Å². The first-order valence-corrected chi connectivity index (χ1v) is 8.19. The zero-order valence-corrected chi connectivity index (χ0v) is 14.0. The van der Waals surface area contributed by atoms with Crippen molar-refractivity contribution in [2.45, 2.75) is 38.5 Å². The largest absolute Gasteiger partial charge is 0.371 e. The van der Waals surface area contributed by atoms with Crippen molar-refractivity contribution in [3.05, 3.63) is 28.7 Å². The molecule has 1 aliphatic heterocycles. The number of rotatable bonds is 1. The van der Waals surface area contributed by atoms with E-state index in [1.54, 1.807) is 11.8 Å². The van der Waals surface area contributed by atoms with Crippen LogP contribution in [-0.4, -0.2) is 27.8 Å². The summed E-state index contributed by atoms with van der Waals surface area (Å²) < 4.78 is 1.02. The zero-order valence-electron chi connectivity index (χ0n) is 11.6. The molecule has 1 atom stereocenters. The number of halogens is 1. The third kappa shape index (κ3) is 3.15. The maximum atomic E-state index is 10.8. The fourth-order valence-corrected chi connectivity index (χ4v) is 3.66. The van der Waals surface area contributed by atoms with Gasteiger partial charge in [-0.1, -0.05) is 27.7 Å². The normalized spacial score (nSPS) is 26.2. The summed E-state index contributed by atoms with van der Waals surface area (Å²) >= 11 is 4.99. The number of nitrogens with zero attached hydrogens (tertiary/aromatic N) is 2. The fraction of sp³-hybridized carbons (Fsp3) is 0.500. The topological polar surface area (TPSA) is 35.8 Å². The molecule has 1 unspecified atom stereocenters. The summed E-state index contributed by atoms with van der Waals surface area (Å²) in [4.78, 5) is 6.65. The van der Waals surface area contributed by atoms with Crippen LogP contribution in [0.2, 0.25) is 0 Å². The summed E-state index contributed by atoms with van der Waals surface area (Å²) in [5.41, 5.74) is -0.220. The van der Waals surface area contributed by atoms with Crippen molar-refractivity contribution < 1.29 is 5.11 Å². The molecule has 0 saturated carbocycles. The predicted octanol–water partition coefficient (Wildman–Crippen LogP) is 3.87. The smallest absolute Gasteiger partial charge is 0.166 e. The van der Waals surface area contributed by atoms with Gasteiger partial charge >= 0.3 is 0 Å². The maximum absolute atomic E-state index is 10.8. The molecule has 0 fully saturated rings. The number of anilines is 1. The Balaban J connectivity index is 2.49. The molecule has 0 bridgehead atoms. The van der Waals surface area contributed by atoms with Gasteiger partial charge in [-0.2, -0.15) is 0 Å². The van der Waals surface area contributed by atoms with E-state index < -0.39 is 5.72 Å². The molecular weight excluding hydrogens is 324 g/mol. The Hall–Kier alpha value is -0.520. The van der Waals surface area contributed by atoms with Crippen LogP contribution in [0.15, 0.2) is 33.7 Å². The molecule has 1 aromatic rings. The van der Waals surface area contributed by atoms with Gasteiger partial charge in [-0.05, 0) is 51.3 Å². The van der Waals surface area contributed by atoms with Crippen molar-refractivity contribution in [3.8, 4) is 0 Å². The van der Waals surface area contributed by atoms with Gasteiger partial charge < -0.3 is 5.11 Å². The molecule has 0 spiro atoms. The molecule has 1 N–H and O–H groups in total. The lowest BCUT2D eigenvalue weighted by Crippen LogP contribution is -2.56. The Morgan fingerprint density at radius 2 is 1.84 bits per heavy atom. The van der Waals surface area contributed by atoms with E-state index in [4.69, 9.17) is 4.99 Å². The van der Waals surface area contributed by atoms with Gasteiger partial charge in [-0.25, -0.2) is 0 Å². The minimum Gasteiger partial charge on any atom is -0.371 e. The van der Waals surface area contributed by atoms with Crippen molar-refractivity contribution in [1.29, 1.82) is 0 Å². The lowest BCUT2D eigenvalue weighted by atomic mass is 9.91. The van der Waals surface area contributed by atoms with Gasteiger partial charge in [0.25, 0.3) is 0 Å². The molecule has 1 heterocycles. The Morgan fingerprint density at radius 3 is 2.37 bits per heavy atom. The summed E-state index contributed by atoms with van der Waals surface area (Å²) in [5.74, 6) is 0. The molecule has 3 nitrogen and oxygen atoms in total. The van der Waals surface area contributed by atoms with Crippen LogP contribution in [0.4, 0.5) is 5.69 Å². The molecule has 0 aromatic heterocycles. The first-order chi connectivity index (χ1) is 8.75. The third-order valence-corrected chi connectivity index (χ3v) is 4.27. The van der Waals surface area contributed by atoms with E-state index >= 15 is 0 Å². The number of amidine groups is 1. The van der Waals surface area contributed by atoms with Crippen molar-refractivity contribution in [2.24, 2.45) is 4.99 Å². The van der Waals surface area contributed by atoms with E-state index in [0.29, 0.717) is 6.42 Å². The lowest BCUT2D eigenvalue weighted by Gasteiger charge is -2.46. The number of aliphatic hydroxyl groups is 1. The van der Waals surface area contributed by atoms with Gasteiger partial charge in [0.05, 0.1) is 5.54 Å². The van der Waals surface area contributed by atoms with E-state index in [1.165, 1.54) is 0 Å². The first-order valence-electron chi connectivity index (χ1n) is 6.17. The SMILES string of the molecule is CSC1=NC(C)(C)CC(C)(O)N1c1ccc(Br)cc1. The van der Waals surface area contributed by atoms with Crippen LogP contribution in [0, 0.1) is 0 Å². The molecule has 0 aliphatic carbocycles. The van der Waals surface area contributed by atoms with Gasteiger partial charge in [0, 0.05) is 16.6 Å². The number of benzene rings is 1. The monoisotopic (exact) mass is 342 g/mol. The highest BCUT2D eigenvalue weighted by atomic mass is 79.9. The minimum atomic E-state index is -0.933. The second-order valence-corrected chi connectivity index (χ2v) is 7.31. The lowest BCUT2D eigenvalue weighted by molar-refractivity contribution is 0.0369. The number of aliphatic imine (C=N–C) groups is 1. The van der Waals surface area contributed by atoms with Gasteiger partial charge in [0.1, 0.15) is 5.72 Å². The Bertz CT molecular complexity index is 497. The van der Waals surface area contributed by atoms with Crippen molar-refractivity contribution in [1.82, 2.24) is 0 Å². The summed E-state index contributed by atoms with van der Waals surface area (Å²) in [7, 11) is 0. The fourth-order valence-electron chi connectivity index (χ4n) is 2.57. The molecule has 1 aromatic carbocycles. The molecule has 104 valence electrons. The minimum absolute atomic E-state index is 0.242. The Labute approximate surface area is 127 Å². The van der Waals surface area contributed by atoms with Gasteiger partial charge in [0.2, 0.25) is 0 Å².